The van der Waals surface area contributed by atoms with Crippen molar-refractivity contribution in [1.29, 1.82) is 0 Å². The highest BCUT2D eigenvalue weighted by Gasteiger charge is 2.27. The third-order valence-electron chi connectivity index (χ3n) is 4.87. The van der Waals surface area contributed by atoms with Gasteiger partial charge in [-0.1, -0.05) is 36.4 Å². The number of aromatic nitrogens is 2. The number of rotatable bonds is 6. The lowest BCUT2D eigenvalue weighted by molar-refractivity contribution is -0.384. The number of nitrogens with zero attached hydrogens (tertiary/aromatic N) is 3. The number of fused-ring (bicyclic) bond motifs is 1. The fourth-order valence-electron chi connectivity index (χ4n) is 3.31. The first-order valence-corrected chi connectivity index (χ1v) is 11.7. The summed E-state index contributed by atoms with van der Waals surface area (Å²) in [4.78, 5) is 41.4. The Morgan fingerprint density at radius 2 is 1.94 bits per heavy atom. The minimum absolute atomic E-state index is 0.0385. The Bertz CT molecular complexity index is 1240. The summed E-state index contributed by atoms with van der Waals surface area (Å²) < 4.78 is 1.56. The highest BCUT2D eigenvalue weighted by molar-refractivity contribution is 8.00. The number of hydrogen-bond donors (Lipinski definition) is 1. The van der Waals surface area contributed by atoms with Crippen LogP contribution in [0.2, 0.25) is 0 Å². The molecular weight excluding hydrogens is 448 g/mol. The SMILES string of the molecule is Cc1ccc(-n2c(SCC(=O)Nc3ccc([N+](=O)[O-])cc3)nc3c(c2=O)SC(C)C3)cc1. The van der Waals surface area contributed by atoms with Crippen LogP contribution >= 0.6 is 23.5 Å². The summed E-state index contributed by atoms with van der Waals surface area (Å²) in [5.41, 5.74) is 2.85. The van der Waals surface area contributed by atoms with E-state index in [2.05, 4.69) is 12.2 Å². The summed E-state index contributed by atoms with van der Waals surface area (Å²) >= 11 is 2.72. The van der Waals surface area contributed by atoms with Crippen LogP contribution in [0.15, 0.2) is 63.4 Å². The van der Waals surface area contributed by atoms with Gasteiger partial charge in [-0.3, -0.25) is 24.3 Å². The second kappa shape index (κ2) is 9.17. The van der Waals surface area contributed by atoms with Crippen LogP contribution in [0.25, 0.3) is 5.69 Å². The molecule has 0 radical (unpaired) electrons. The van der Waals surface area contributed by atoms with Gasteiger partial charge < -0.3 is 5.32 Å². The van der Waals surface area contributed by atoms with Gasteiger partial charge in [0.1, 0.15) is 0 Å². The third-order valence-corrected chi connectivity index (χ3v) is 7.02. The van der Waals surface area contributed by atoms with E-state index in [0.29, 0.717) is 27.8 Å². The van der Waals surface area contributed by atoms with Crippen molar-refractivity contribution in [2.24, 2.45) is 0 Å². The van der Waals surface area contributed by atoms with Crippen molar-refractivity contribution in [2.75, 3.05) is 11.1 Å². The lowest BCUT2D eigenvalue weighted by Crippen LogP contribution is -2.24. The number of carbonyl (C=O) groups is 1. The molecule has 4 rings (SSSR count). The number of nitro benzene ring substituents is 1. The molecule has 2 heterocycles. The van der Waals surface area contributed by atoms with E-state index in [-0.39, 0.29) is 28.2 Å². The quantitative estimate of drug-likeness (QED) is 0.250. The Labute approximate surface area is 192 Å². The first kappa shape index (κ1) is 22.1. The average Bonchev–Trinajstić information content (AvgIpc) is 3.14. The molecule has 0 spiro atoms. The lowest BCUT2D eigenvalue weighted by Gasteiger charge is -2.14. The summed E-state index contributed by atoms with van der Waals surface area (Å²) in [5, 5.41) is 14.2. The van der Waals surface area contributed by atoms with Crippen molar-refractivity contribution in [3.05, 3.63) is 80.3 Å². The standard InChI is InChI=1S/C22H20N4O4S2/c1-13-3-7-16(8-4-13)25-21(28)20-18(11-14(2)32-20)24-22(25)31-12-19(27)23-15-5-9-17(10-6-15)26(29)30/h3-10,14H,11-12H2,1-2H3,(H,23,27). The predicted octanol–water partition coefficient (Wildman–Crippen LogP) is 4.22. The van der Waals surface area contributed by atoms with Gasteiger partial charge in [-0.15, -0.1) is 11.8 Å². The maximum atomic E-state index is 13.3. The highest BCUT2D eigenvalue weighted by Crippen LogP contribution is 2.35. The van der Waals surface area contributed by atoms with Crippen molar-refractivity contribution in [1.82, 2.24) is 9.55 Å². The van der Waals surface area contributed by atoms with E-state index in [4.69, 9.17) is 4.98 Å². The Balaban J connectivity index is 1.57. The van der Waals surface area contributed by atoms with E-state index in [1.807, 2.05) is 31.2 Å². The Kier molecular flexibility index (Phi) is 6.33. The molecule has 1 aliphatic heterocycles. The summed E-state index contributed by atoms with van der Waals surface area (Å²) in [6, 6.07) is 13.2. The van der Waals surface area contributed by atoms with E-state index >= 15 is 0 Å². The van der Waals surface area contributed by atoms with Crippen molar-refractivity contribution in [2.45, 2.75) is 35.6 Å². The minimum atomic E-state index is -0.496. The van der Waals surface area contributed by atoms with Gasteiger partial charge in [-0.2, -0.15) is 0 Å². The molecule has 32 heavy (non-hydrogen) atoms. The molecule has 10 heteroatoms. The highest BCUT2D eigenvalue weighted by atomic mass is 32.2. The lowest BCUT2D eigenvalue weighted by atomic mass is 10.2. The maximum Gasteiger partial charge on any atom is 0.272 e. The smallest absolute Gasteiger partial charge is 0.272 e. The number of anilines is 1. The number of nitro groups is 1. The van der Waals surface area contributed by atoms with Gasteiger partial charge in [-0.25, -0.2) is 4.98 Å². The van der Waals surface area contributed by atoms with E-state index in [0.717, 1.165) is 11.3 Å². The van der Waals surface area contributed by atoms with E-state index in [1.165, 1.54) is 47.8 Å². The van der Waals surface area contributed by atoms with Gasteiger partial charge in [-0.05, 0) is 31.2 Å². The molecule has 1 atom stereocenters. The zero-order valence-electron chi connectivity index (χ0n) is 17.4. The molecule has 0 fully saturated rings. The van der Waals surface area contributed by atoms with E-state index in [9.17, 15) is 19.7 Å². The number of amides is 1. The summed E-state index contributed by atoms with van der Waals surface area (Å²) in [7, 11) is 0. The van der Waals surface area contributed by atoms with Crippen LogP contribution in [0.4, 0.5) is 11.4 Å². The van der Waals surface area contributed by atoms with E-state index < -0.39 is 4.92 Å². The van der Waals surface area contributed by atoms with Crippen LogP contribution < -0.4 is 10.9 Å². The monoisotopic (exact) mass is 468 g/mol. The average molecular weight is 469 g/mol. The van der Waals surface area contributed by atoms with Crippen LogP contribution in [-0.2, 0) is 11.2 Å². The first-order valence-electron chi connectivity index (χ1n) is 9.88. The summed E-state index contributed by atoms with van der Waals surface area (Å²) in [6.45, 7) is 4.04. The Morgan fingerprint density at radius 1 is 1.25 bits per heavy atom. The van der Waals surface area contributed by atoms with Crippen molar-refractivity contribution >= 4 is 40.8 Å². The fourth-order valence-corrected chi connectivity index (χ4v) is 5.24. The fraction of sp³-hybridized carbons (Fsp3) is 0.227. The van der Waals surface area contributed by atoms with Crippen LogP contribution in [0.3, 0.4) is 0 Å². The number of non-ortho nitro benzene ring substituents is 1. The number of benzene rings is 2. The molecule has 164 valence electrons. The third kappa shape index (κ3) is 4.71. The molecule has 0 saturated carbocycles. The molecule has 0 bridgehead atoms. The number of thioether (sulfide) groups is 2. The van der Waals surface area contributed by atoms with Crippen molar-refractivity contribution in [3.63, 3.8) is 0 Å². The summed E-state index contributed by atoms with van der Waals surface area (Å²) in [6.07, 6.45) is 0.715. The van der Waals surface area contributed by atoms with Crippen molar-refractivity contribution in [3.8, 4) is 5.69 Å². The molecular formula is C22H20N4O4S2. The Morgan fingerprint density at radius 3 is 2.59 bits per heavy atom. The van der Waals surface area contributed by atoms with Gasteiger partial charge in [0, 0.05) is 29.5 Å². The number of aryl methyl sites for hydroxylation is 1. The number of carbonyl (C=O) groups excluding carboxylic acids is 1. The topological polar surface area (TPSA) is 107 Å². The summed E-state index contributed by atoms with van der Waals surface area (Å²) in [5.74, 6) is -0.256. The zero-order valence-corrected chi connectivity index (χ0v) is 19.0. The van der Waals surface area contributed by atoms with Gasteiger partial charge in [0.2, 0.25) is 5.91 Å². The predicted molar refractivity (Wildman–Crippen MR) is 126 cm³/mol. The molecule has 0 saturated heterocycles. The molecule has 0 aliphatic carbocycles. The maximum absolute atomic E-state index is 13.3. The molecule has 1 unspecified atom stereocenters. The molecule has 2 aromatic carbocycles. The number of nitrogens with one attached hydrogen (secondary N) is 1. The van der Waals surface area contributed by atoms with Crippen LogP contribution in [0.1, 0.15) is 18.2 Å². The minimum Gasteiger partial charge on any atom is -0.325 e. The van der Waals surface area contributed by atoms with Crippen LogP contribution in [0.5, 0.6) is 0 Å². The molecule has 1 aromatic heterocycles. The largest absolute Gasteiger partial charge is 0.325 e. The zero-order chi connectivity index (χ0) is 22.8. The van der Waals surface area contributed by atoms with E-state index in [1.54, 1.807) is 4.57 Å². The van der Waals surface area contributed by atoms with Gasteiger partial charge >= 0.3 is 0 Å². The van der Waals surface area contributed by atoms with Gasteiger partial charge in [0.05, 0.1) is 27.0 Å². The number of hydrogen-bond acceptors (Lipinski definition) is 7. The van der Waals surface area contributed by atoms with Gasteiger partial charge in [0.25, 0.3) is 11.2 Å². The molecule has 3 aromatic rings. The Hall–Kier alpha value is -3.11. The molecule has 1 aliphatic rings. The molecule has 1 amide bonds. The first-order chi connectivity index (χ1) is 15.3. The second-order valence-electron chi connectivity index (χ2n) is 7.42. The van der Waals surface area contributed by atoms with Crippen molar-refractivity contribution < 1.29 is 9.72 Å². The normalized spacial score (nSPS) is 14.8. The molecule has 8 nitrogen and oxygen atoms in total. The van der Waals surface area contributed by atoms with Crippen LogP contribution in [0, 0.1) is 17.0 Å². The van der Waals surface area contributed by atoms with Gasteiger partial charge in [0.15, 0.2) is 5.16 Å². The molecule has 1 N–H and O–H groups in total. The van der Waals surface area contributed by atoms with Crippen LogP contribution in [-0.4, -0.2) is 31.4 Å². The second-order valence-corrected chi connectivity index (χ2v) is 9.81.